The standard InChI is InChI=1S/C19H18I2O5S/c20-14-7-8-17(16(21)11-14)26-19(22)13-6-9-18(27(23,24)25)15(10-13)12-4-2-1-3-5-12/h6-12H,1-5H2,(H,23,24,25). The summed E-state index contributed by atoms with van der Waals surface area (Å²) in [4.78, 5) is 12.5. The van der Waals surface area contributed by atoms with E-state index in [1.54, 1.807) is 12.1 Å². The van der Waals surface area contributed by atoms with Gasteiger partial charge in [-0.25, -0.2) is 4.79 Å². The van der Waals surface area contributed by atoms with E-state index in [-0.39, 0.29) is 16.4 Å². The highest BCUT2D eigenvalue weighted by molar-refractivity contribution is 14.1. The van der Waals surface area contributed by atoms with Crippen LogP contribution in [0.2, 0.25) is 0 Å². The summed E-state index contributed by atoms with van der Waals surface area (Å²) in [5.74, 6) is -0.0750. The number of hydrogen-bond donors (Lipinski definition) is 1. The van der Waals surface area contributed by atoms with Crippen molar-refractivity contribution in [3.63, 3.8) is 0 Å². The Morgan fingerprint density at radius 3 is 2.37 bits per heavy atom. The maximum absolute atomic E-state index is 12.6. The highest BCUT2D eigenvalue weighted by Crippen LogP contribution is 2.36. The monoisotopic (exact) mass is 612 g/mol. The van der Waals surface area contributed by atoms with Crippen molar-refractivity contribution in [3.05, 3.63) is 54.7 Å². The highest BCUT2D eigenvalue weighted by Gasteiger charge is 2.25. The second-order valence-electron chi connectivity index (χ2n) is 6.53. The van der Waals surface area contributed by atoms with Gasteiger partial charge < -0.3 is 4.74 Å². The number of esters is 1. The average molecular weight is 612 g/mol. The molecule has 1 aliphatic carbocycles. The molecule has 1 aliphatic rings. The van der Waals surface area contributed by atoms with E-state index in [4.69, 9.17) is 4.74 Å². The van der Waals surface area contributed by atoms with Crippen LogP contribution in [0.25, 0.3) is 0 Å². The van der Waals surface area contributed by atoms with Gasteiger partial charge in [0.1, 0.15) is 5.75 Å². The van der Waals surface area contributed by atoms with Crippen molar-refractivity contribution in [3.8, 4) is 5.75 Å². The fourth-order valence-electron chi connectivity index (χ4n) is 3.36. The molecule has 2 aromatic carbocycles. The molecular weight excluding hydrogens is 594 g/mol. The summed E-state index contributed by atoms with van der Waals surface area (Å²) in [5, 5.41) is 0. The van der Waals surface area contributed by atoms with Gasteiger partial charge in [0.15, 0.2) is 0 Å². The summed E-state index contributed by atoms with van der Waals surface area (Å²) < 4.78 is 40.5. The van der Waals surface area contributed by atoms with Crippen molar-refractivity contribution in [1.82, 2.24) is 0 Å². The Kier molecular flexibility index (Phi) is 6.80. The van der Waals surface area contributed by atoms with Gasteiger partial charge in [0, 0.05) is 3.57 Å². The van der Waals surface area contributed by atoms with Gasteiger partial charge in [-0.2, -0.15) is 8.42 Å². The van der Waals surface area contributed by atoms with E-state index in [0.29, 0.717) is 11.3 Å². The number of carbonyl (C=O) groups is 1. The predicted molar refractivity (Wildman–Crippen MR) is 119 cm³/mol. The Labute approximate surface area is 185 Å². The van der Waals surface area contributed by atoms with Crippen molar-refractivity contribution in [2.75, 3.05) is 0 Å². The topological polar surface area (TPSA) is 80.7 Å². The van der Waals surface area contributed by atoms with Crippen LogP contribution in [0.1, 0.15) is 53.9 Å². The van der Waals surface area contributed by atoms with Gasteiger partial charge in [-0.15, -0.1) is 0 Å². The molecule has 27 heavy (non-hydrogen) atoms. The minimum Gasteiger partial charge on any atom is -0.422 e. The lowest BCUT2D eigenvalue weighted by atomic mass is 9.83. The van der Waals surface area contributed by atoms with Gasteiger partial charge in [-0.3, -0.25) is 4.55 Å². The van der Waals surface area contributed by atoms with Crippen molar-refractivity contribution >= 4 is 61.3 Å². The molecule has 8 heteroatoms. The van der Waals surface area contributed by atoms with E-state index in [0.717, 1.165) is 39.2 Å². The first-order valence-corrected chi connectivity index (χ1v) is 12.1. The predicted octanol–water partition coefficient (Wildman–Crippen LogP) is 5.41. The lowest BCUT2D eigenvalue weighted by molar-refractivity contribution is 0.0733. The molecule has 2 aromatic rings. The quantitative estimate of drug-likeness (QED) is 0.216. The van der Waals surface area contributed by atoms with Gasteiger partial charge in [0.25, 0.3) is 10.1 Å². The van der Waals surface area contributed by atoms with Crippen LogP contribution in [-0.2, 0) is 10.1 Å². The van der Waals surface area contributed by atoms with Crippen LogP contribution in [0.5, 0.6) is 5.75 Å². The number of benzene rings is 2. The van der Waals surface area contributed by atoms with Gasteiger partial charge in [-0.1, -0.05) is 19.3 Å². The number of ether oxygens (including phenoxy) is 1. The molecule has 0 aliphatic heterocycles. The molecule has 144 valence electrons. The summed E-state index contributed by atoms with van der Waals surface area (Å²) in [7, 11) is -4.35. The van der Waals surface area contributed by atoms with E-state index in [9.17, 15) is 17.8 Å². The lowest BCUT2D eigenvalue weighted by Crippen LogP contribution is -2.14. The van der Waals surface area contributed by atoms with E-state index < -0.39 is 16.1 Å². The minimum absolute atomic E-state index is 0.0156. The van der Waals surface area contributed by atoms with E-state index >= 15 is 0 Å². The Hall–Kier alpha value is -0.720. The Balaban J connectivity index is 1.94. The molecule has 0 aromatic heterocycles. The smallest absolute Gasteiger partial charge is 0.343 e. The van der Waals surface area contributed by atoms with Crippen molar-refractivity contribution in [1.29, 1.82) is 0 Å². The lowest BCUT2D eigenvalue weighted by Gasteiger charge is -2.24. The normalized spacial score (nSPS) is 15.5. The molecular formula is C19H18I2O5S. The molecule has 1 saturated carbocycles. The first-order valence-electron chi connectivity index (χ1n) is 8.54. The first kappa shape index (κ1) is 21.0. The molecule has 0 unspecified atom stereocenters. The van der Waals surface area contributed by atoms with Crippen molar-refractivity contribution < 1.29 is 22.5 Å². The van der Waals surface area contributed by atoms with E-state index in [1.807, 2.05) is 12.1 Å². The van der Waals surface area contributed by atoms with Gasteiger partial charge in [0.2, 0.25) is 0 Å². The van der Waals surface area contributed by atoms with Crippen LogP contribution in [0, 0.1) is 7.14 Å². The Morgan fingerprint density at radius 1 is 1.04 bits per heavy atom. The van der Waals surface area contributed by atoms with Crippen LogP contribution in [0.4, 0.5) is 0 Å². The van der Waals surface area contributed by atoms with Crippen molar-refractivity contribution in [2.45, 2.75) is 42.9 Å². The fourth-order valence-corrected chi connectivity index (χ4v) is 5.84. The molecule has 0 spiro atoms. The second kappa shape index (κ2) is 8.75. The Morgan fingerprint density at radius 2 is 1.74 bits per heavy atom. The third kappa shape index (κ3) is 5.21. The van der Waals surface area contributed by atoms with Crippen LogP contribution in [0.3, 0.4) is 0 Å². The van der Waals surface area contributed by atoms with Gasteiger partial charge in [-0.05, 0) is 106 Å². The SMILES string of the molecule is O=C(Oc1ccc(I)cc1I)c1ccc(S(=O)(=O)O)c(C2CCCCC2)c1. The number of rotatable bonds is 4. The van der Waals surface area contributed by atoms with Crippen molar-refractivity contribution in [2.24, 2.45) is 0 Å². The van der Waals surface area contributed by atoms with Gasteiger partial charge >= 0.3 is 5.97 Å². The molecule has 3 rings (SSSR count). The summed E-state index contributed by atoms with van der Waals surface area (Å²) in [6.07, 6.45) is 4.81. The highest BCUT2D eigenvalue weighted by atomic mass is 127. The number of hydrogen-bond acceptors (Lipinski definition) is 4. The molecule has 0 saturated heterocycles. The summed E-state index contributed by atoms with van der Waals surface area (Å²) in [5.41, 5.74) is 0.779. The Bertz CT molecular complexity index is 966. The first-order chi connectivity index (χ1) is 12.8. The number of carbonyl (C=O) groups excluding carboxylic acids is 1. The summed E-state index contributed by atoms with van der Waals surface area (Å²) in [6.45, 7) is 0. The van der Waals surface area contributed by atoms with E-state index in [1.165, 1.54) is 12.1 Å². The third-order valence-electron chi connectivity index (χ3n) is 4.66. The van der Waals surface area contributed by atoms with Gasteiger partial charge in [0.05, 0.1) is 14.0 Å². The molecule has 0 radical (unpaired) electrons. The summed E-state index contributed by atoms with van der Waals surface area (Å²) >= 11 is 4.28. The minimum atomic E-state index is -4.35. The van der Waals surface area contributed by atoms with Crippen LogP contribution in [0.15, 0.2) is 41.3 Å². The maximum Gasteiger partial charge on any atom is 0.343 e. The molecule has 1 fully saturated rings. The molecule has 0 bridgehead atoms. The summed E-state index contributed by atoms with van der Waals surface area (Å²) in [6, 6.07) is 9.72. The maximum atomic E-state index is 12.6. The molecule has 0 atom stereocenters. The number of halogens is 2. The zero-order valence-corrected chi connectivity index (χ0v) is 19.5. The third-order valence-corrected chi connectivity index (χ3v) is 7.11. The van der Waals surface area contributed by atoms with Crippen LogP contribution in [-0.4, -0.2) is 18.9 Å². The van der Waals surface area contributed by atoms with Crippen LogP contribution < -0.4 is 4.74 Å². The fraction of sp³-hybridized carbons (Fsp3) is 0.316. The second-order valence-corrected chi connectivity index (χ2v) is 10.3. The molecule has 0 heterocycles. The zero-order chi connectivity index (χ0) is 19.6. The largest absolute Gasteiger partial charge is 0.422 e. The average Bonchev–Trinajstić information content (AvgIpc) is 2.63. The molecule has 5 nitrogen and oxygen atoms in total. The van der Waals surface area contributed by atoms with Crippen LogP contribution >= 0.6 is 45.2 Å². The zero-order valence-electron chi connectivity index (χ0n) is 14.3. The molecule has 1 N–H and O–H groups in total. The van der Waals surface area contributed by atoms with E-state index in [2.05, 4.69) is 45.2 Å². The molecule has 0 amide bonds.